The van der Waals surface area contributed by atoms with Gasteiger partial charge in [0, 0.05) is 25.7 Å². The van der Waals surface area contributed by atoms with Crippen LogP contribution in [0.1, 0.15) is 49.0 Å². The van der Waals surface area contributed by atoms with Gasteiger partial charge in [0.25, 0.3) is 5.91 Å². The van der Waals surface area contributed by atoms with E-state index in [4.69, 9.17) is 0 Å². The highest BCUT2D eigenvalue weighted by Gasteiger charge is 2.33. The van der Waals surface area contributed by atoms with Crippen molar-refractivity contribution in [3.05, 3.63) is 42.0 Å². The van der Waals surface area contributed by atoms with E-state index in [0.29, 0.717) is 32.0 Å². The molecule has 4 rings (SSSR count). The first kappa shape index (κ1) is 20.9. The van der Waals surface area contributed by atoms with E-state index in [2.05, 4.69) is 15.6 Å². The van der Waals surface area contributed by atoms with Crippen LogP contribution in [0.2, 0.25) is 0 Å². The summed E-state index contributed by atoms with van der Waals surface area (Å²) < 4.78 is 42.7. The van der Waals surface area contributed by atoms with Crippen LogP contribution in [0.4, 0.5) is 4.39 Å². The monoisotopic (exact) mass is 435 g/mol. The Kier molecular flexibility index (Phi) is 6.14. The fraction of sp³-hybridized carbons (Fsp3) is 0.550. The molecule has 1 amide bonds. The summed E-state index contributed by atoms with van der Waals surface area (Å²) in [6.07, 6.45) is 6.90. The Morgan fingerprint density at radius 3 is 2.83 bits per heavy atom. The van der Waals surface area contributed by atoms with Gasteiger partial charge in [-0.2, -0.15) is 4.31 Å². The molecule has 2 aromatic rings. The lowest BCUT2D eigenvalue weighted by atomic mass is 10.0. The lowest BCUT2D eigenvalue weighted by molar-refractivity contribution is 0.0946. The number of aryl methyl sites for hydroxylation is 1. The number of hydrogen-bond acceptors (Lipinski definition) is 5. The number of halogens is 1. The molecule has 1 unspecified atom stereocenters. The summed E-state index contributed by atoms with van der Waals surface area (Å²) in [7, 11) is -3.77. The molecule has 2 fully saturated rings. The van der Waals surface area contributed by atoms with E-state index in [1.54, 1.807) is 10.9 Å². The summed E-state index contributed by atoms with van der Waals surface area (Å²) in [6.45, 7) is 1.53. The molecule has 8 nitrogen and oxygen atoms in total. The van der Waals surface area contributed by atoms with Gasteiger partial charge in [0.15, 0.2) is 5.69 Å². The van der Waals surface area contributed by atoms with Crippen LogP contribution in [0.15, 0.2) is 35.4 Å². The van der Waals surface area contributed by atoms with Crippen molar-refractivity contribution in [2.75, 3.05) is 13.1 Å². The van der Waals surface area contributed by atoms with Crippen molar-refractivity contribution in [2.24, 2.45) is 5.92 Å². The Balaban J connectivity index is 1.40. The Bertz CT molecular complexity index is 1010. The summed E-state index contributed by atoms with van der Waals surface area (Å²) in [5, 5.41) is 10.8. The molecule has 1 N–H and O–H groups in total. The lowest BCUT2D eigenvalue weighted by Crippen LogP contribution is -2.44. The van der Waals surface area contributed by atoms with Gasteiger partial charge in [-0.25, -0.2) is 12.8 Å². The minimum Gasteiger partial charge on any atom is -0.350 e. The van der Waals surface area contributed by atoms with Gasteiger partial charge in [-0.1, -0.05) is 17.7 Å². The van der Waals surface area contributed by atoms with Gasteiger partial charge in [0.05, 0.1) is 11.1 Å². The normalized spacial score (nSPS) is 20.2. The molecule has 1 saturated carbocycles. The minimum atomic E-state index is -3.77. The van der Waals surface area contributed by atoms with Gasteiger partial charge in [-0.15, -0.1) is 5.10 Å². The third kappa shape index (κ3) is 4.86. The van der Waals surface area contributed by atoms with Crippen molar-refractivity contribution in [3.63, 3.8) is 0 Å². The molecule has 2 heterocycles. The predicted molar refractivity (Wildman–Crippen MR) is 108 cm³/mol. The van der Waals surface area contributed by atoms with Crippen molar-refractivity contribution in [2.45, 2.75) is 56.0 Å². The van der Waals surface area contributed by atoms with E-state index < -0.39 is 15.8 Å². The van der Waals surface area contributed by atoms with Gasteiger partial charge >= 0.3 is 0 Å². The summed E-state index contributed by atoms with van der Waals surface area (Å²) in [5.41, 5.74) is 0.267. The van der Waals surface area contributed by atoms with E-state index in [-0.39, 0.29) is 22.5 Å². The average molecular weight is 436 g/mol. The standard InChI is InChI=1S/C20H26FN5O3S/c21-16-4-3-6-18(12-16)30(28,29)26-10-2-1-5-17(26)9-11-25-14-19(23-24-25)20(27)22-13-15-7-8-15/h3-4,6,12,14-15,17H,1-2,5,7-11,13H2,(H,22,27). The SMILES string of the molecule is O=C(NCC1CC1)c1cn(CCC2CCCCN2S(=O)(=O)c2cccc(F)c2)nn1. The molecule has 1 aliphatic heterocycles. The molecule has 30 heavy (non-hydrogen) atoms. The van der Waals surface area contributed by atoms with Crippen LogP contribution < -0.4 is 5.32 Å². The second-order valence-corrected chi connectivity index (χ2v) is 9.92. The first-order chi connectivity index (χ1) is 14.4. The van der Waals surface area contributed by atoms with Crippen LogP contribution in [-0.4, -0.2) is 52.8 Å². The van der Waals surface area contributed by atoms with Crippen LogP contribution in [0, 0.1) is 11.7 Å². The quantitative estimate of drug-likeness (QED) is 0.686. The summed E-state index contributed by atoms with van der Waals surface area (Å²) in [6, 6.07) is 4.92. The first-order valence-corrected chi connectivity index (χ1v) is 11.8. The van der Waals surface area contributed by atoms with Crippen LogP contribution >= 0.6 is 0 Å². The van der Waals surface area contributed by atoms with Gasteiger partial charge in [-0.3, -0.25) is 9.48 Å². The van der Waals surface area contributed by atoms with Gasteiger partial charge < -0.3 is 5.32 Å². The second kappa shape index (κ2) is 8.81. The molecule has 1 saturated heterocycles. The summed E-state index contributed by atoms with van der Waals surface area (Å²) >= 11 is 0. The molecule has 1 aromatic heterocycles. The number of hydrogen-bond donors (Lipinski definition) is 1. The van der Waals surface area contributed by atoms with Gasteiger partial charge in [0.2, 0.25) is 10.0 Å². The number of amides is 1. The van der Waals surface area contributed by atoms with Crippen molar-refractivity contribution in [1.82, 2.24) is 24.6 Å². The maximum Gasteiger partial charge on any atom is 0.273 e. The number of benzene rings is 1. The van der Waals surface area contributed by atoms with E-state index >= 15 is 0 Å². The molecule has 1 aromatic carbocycles. The number of nitrogens with zero attached hydrogens (tertiary/aromatic N) is 4. The lowest BCUT2D eigenvalue weighted by Gasteiger charge is -2.34. The molecule has 0 bridgehead atoms. The second-order valence-electron chi connectivity index (χ2n) is 8.03. The highest BCUT2D eigenvalue weighted by atomic mass is 32.2. The molecule has 2 aliphatic rings. The Hall–Kier alpha value is -2.33. The summed E-state index contributed by atoms with van der Waals surface area (Å²) in [4.78, 5) is 12.1. The van der Waals surface area contributed by atoms with Crippen LogP contribution in [0.25, 0.3) is 0 Å². The van der Waals surface area contributed by atoms with Gasteiger partial charge in [-0.05, 0) is 56.2 Å². The maximum atomic E-state index is 13.6. The highest BCUT2D eigenvalue weighted by Crippen LogP contribution is 2.28. The molecule has 0 spiro atoms. The maximum absolute atomic E-state index is 13.6. The number of carbonyl (C=O) groups excluding carboxylic acids is 1. The van der Waals surface area contributed by atoms with E-state index in [1.807, 2.05) is 0 Å². The number of sulfonamides is 1. The number of aromatic nitrogens is 3. The van der Waals surface area contributed by atoms with Crippen molar-refractivity contribution < 1.29 is 17.6 Å². The molecule has 1 atom stereocenters. The largest absolute Gasteiger partial charge is 0.350 e. The average Bonchev–Trinajstić information content (AvgIpc) is 3.45. The van der Waals surface area contributed by atoms with Crippen molar-refractivity contribution in [1.29, 1.82) is 0 Å². The summed E-state index contributed by atoms with van der Waals surface area (Å²) in [5.74, 6) is -0.220. The molecule has 10 heteroatoms. The molecular formula is C20H26FN5O3S. The number of nitrogens with one attached hydrogen (secondary N) is 1. The Morgan fingerprint density at radius 1 is 1.23 bits per heavy atom. The molecule has 162 valence electrons. The number of rotatable bonds is 8. The van der Waals surface area contributed by atoms with E-state index in [9.17, 15) is 17.6 Å². The zero-order valence-electron chi connectivity index (χ0n) is 16.7. The number of carbonyl (C=O) groups is 1. The smallest absolute Gasteiger partial charge is 0.273 e. The predicted octanol–water partition coefficient (Wildman–Crippen LogP) is 2.19. The zero-order chi connectivity index (χ0) is 21.1. The van der Waals surface area contributed by atoms with E-state index in [1.165, 1.54) is 22.5 Å². The number of piperidine rings is 1. The molecular weight excluding hydrogens is 409 g/mol. The Morgan fingerprint density at radius 2 is 2.07 bits per heavy atom. The third-order valence-electron chi connectivity index (χ3n) is 5.69. The minimum absolute atomic E-state index is 0.0234. The topological polar surface area (TPSA) is 97.2 Å². The van der Waals surface area contributed by atoms with Gasteiger partial charge in [0.1, 0.15) is 5.82 Å². The van der Waals surface area contributed by atoms with Crippen molar-refractivity contribution >= 4 is 15.9 Å². The van der Waals surface area contributed by atoms with Crippen LogP contribution in [0.5, 0.6) is 0 Å². The van der Waals surface area contributed by atoms with Crippen molar-refractivity contribution in [3.8, 4) is 0 Å². The first-order valence-electron chi connectivity index (χ1n) is 10.4. The fourth-order valence-corrected chi connectivity index (χ4v) is 5.54. The Labute approximate surface area is 175 Å². The zero-order valence-corrected chi connectivity index (χ0v) is 17.5. The molecule has 1 aliphatic carbocycles. The fourth-order valence-electron chi connectivity index (χ4n) is 3.78. The molecule has 0 radical (unpaired) electrons. The third-order valence-corrected chi connectivity index (χ3v) is 7.63. The van der Waals surface area contributed by atoms with E-state index in [0.717, 1.165) is 38.2 Å². The van der Waals surface area contributed by atoms with Crippen LogP contribution in [0.3, 0.4) is 0 Å². The highest BCUT2D eigenvalue weighted by molar-refractivity contribution is 7.89. The van der Waals surface area contributed by atoms with Crippen LogP contribution in [-0.2, 0) is 16.6 Å².